The van der Waals surface area contributed by atoms with Crippen LogP contribution in [0.4, 0.5) is 5.69 Å². The van der Waals surface area contributed by atoms with Crippen LogP contribution in [0.15, 0.2) is 30.6 Å². The Bertz CT molecular complexity index is 763. The van der Waals surface area contributed by atoms with Crippen LogP contribution in [0.2, 0.25) is 0 Å². The van der Waals surface area contributed by atoms with Gasteiger partial charge in [-0.15, -0.1) is 0 Å². The average molecular weight is 339 g/mol. The number of hydrogen-bond acceptors (Lipinski definition) is 4. The first-order chi connectivity index (χ1) is 12.2. The van der Waals surface area contributed by atoms with Crippen LogP contribution < -0.4 is 10.6 Å². The molecule has 2 saturated heterocycles. The van der Waals surface area contributed by atoms with E-state index in [1.54, 1.807) is 6.07 Å². The van der Waals surface area contributed by atoms with Gasteiger partial charge in [0.2, 0.25) is 5.91 Å². The number of benzene rings is 1. The Labute approximate surface area is 148 Å². The highest BCUT2D eigenvalue weighted by Gasteiger charge is 2.28. The standard InChI is InChI=1S/C20H25N3O2/c21-20(24)16-1-2-17-12-22-13-19(18(17)11-16)23-7-3-14(4-8-23)15-5-9-25-10-6-15/h1-2,11-15H,3-10H2,(H2,21,24). The van der Waals surface area contributed by atoms with E-state index >= 15 is 0 Å². The maximum Gasteiger partial charge on any atom is 0.248 e. The zero-order valence-corrected chi connectivity index (χ0v) is 14.5. The quantitative estimate of drug-likeness (QED) is 0.933. The number of piperidine rings is 1. The van der Waals surface area contributed by atoms with Crippen molar-refractivity contribution in [3.05, 3.63) is 36.2 Å². The van der Waals surface area contributed by atoms with E-state index in [0.29, 0.717) is 5.56 Å². The van der Waals surface area contributed by atoms with E-state index in [4.69, 9.17) is 10.5 Å². The molecule has 4 rings (SSSR count). The summed E-state index contributed by atoms with van der Waals surface area (Å²) in [6.45, 7) is 3.94. The van der Waals surface area contributed by atoms with Gasteiger partial charge in [0.05, 0.1) is 11.9 Å². The lowest BCUT2D eigenvalue weighted by Crippen LogP contribution is -2.37. The second kappa shape index (κ2) is 7.00. The highest BCUT2D eigenvalue weighted by molar-refractivity contribution is 6.01. The molecule has 5 nitrogen and oxygen atoms in total. The monoisotopic (exact) mass is 339 g/mol. The number of carbonyl (C=O) groups excluding carboxylic acids is 1. The lowest BCUT2D eigenvalue weighted by Gasteiger charge is -2.38. The third-order valence-corrected chi connectivity index (χ3v) is 5.84. The molecule has 2 aliphatic rings. The maximum atomic E-state index is 11.5. The van der Waals surface area contributed by atoms with Gasteiger partial charge in [-0.05, 0) is 49.7 Å². The summed E-state index contributed by atoms with van der Waals surface area (Å²) in [7, 11) is 0. The first-order valence-electron chi connectivity index (χ1n) is 9.22. The Kier molecular flexibility index (Phi) is 4.57. The van der Waals surface area contributed by atoms with Crippen molar-refractivity contribution in [3.8, 4) is 0 Å². The maximum absolute atomic E-state index is 11.5. The minimum atomic E-state index is -0.386. The van der Waals surface area contributed by atoms with E-state index in [0.717, 1.165) is 54.6 Å². The molecule has 0 saturated carbocycles. The van der Waals surface area contributed by atoms with E-state index in [1.807, 2.05) is 24.5 Å². The van der Waals surface area contributed by atoms with E-state index < -0.39 is 0 Å². The van der Waals surface area contributed by atoms with Gasteiger partial charge in [-0.1, -0.05) is 6.07 Å². The van der Waals surface area contributed by atoms with Gasteiger partial charge in [-0.3, -0.25) is 9.78 Å². The summed E-state index contributed by atoms with van der Waals surface area (Å²) in [4.78, 5) is 18.3. The number of pyridine rings is 1. The van der Waals surface area contributed by atoms with Crippen molar-refractivity contribution in [2.45, 2.75) is 25.7 Å². The fraction of sp³-hybridized carbons (Fsp3) is 0.500. The largest absolute Gasteiger partial charge is 0.381 e. The van der Waals surface area contributed by atoms with Crippen molar-refractivity contribution in [3.63, 3.8) is 0 Å². The molecule has 0 aliphatic carbocycles. The number of anilines is 1. The number of amides is 1. The Morgan fingerprint density at radius 3 is 2.52 bits per heavy atom. The molecule has 132 valence electrons. The molecular weight excluding hydrogens is 314 g/mol. The first kappa shape index (κ1) is 16.3. The summed E-state index contributed by atoms with van der Waals surface area (Å²) in [5.74, 6) is 1.25. The molecule has 2 aromatic rings. The van der Waals surface area contributed by atoms with Crippen LogP contribution in [0.3, 0.4) is 0 Å². The SMILES string of the molecule is NC(=O)c1ccc2cncc(N3CCC(C4CCOCC4)CC3)c2c1. The molecule has 3 heterocycles. The van der Waals surface area contributed by atoms with Crippen LogP contribution >= 0.6 is 0 Å². The molecule has 1 aromatic carbocycles. The topological polar surface area (TPSA) is 68.5 Å². The molecule has 0 atom stereocenters. The van der Waals surface area contributed by atoms with Crippen molar-refractivity contribution in [1.29, 1.82) is 0 Å². The van der Waals surface area contributed by atoms with Gasteiger partial charge in [0.15, 0.2) is 0 Å². The molecule has 1 aromatic heterocycles. The summed E-state index contributed by atoms with van der Waals surface area (Å²) in [5, 5.41) is 2.12. The molecule has 2 N–H and O–H groups in total. The number of nitrogens with zero attached hydrogens (tertiary/aromatic N) is 2. The fourth-order valence-electron chi connectivity index (χ4n) is 4.35. The number of rotatable bonds is 3. The average Bonchev–Trinajstić information content (AvgIpc) is 2.68. The molecule has 5 heteroatoms. The summed E-state index contributed by atoms with van der Waals surface area (Å²) in [6, 6.07) is 5.60. The predicted molar refractivity (Wildman–Crippen MR) is 98.7 cm³/mol. The van der Waals surface area contributed by atoms with Gasteiger partial charge in [0.25, 0.3) is 0 Å². The van der Waals surface area contributed by atoms with Crippen molar-refractivity contribution in [1.82, 2.24) is 4.98 Å². The molecule has 25 heavy (non-hydrogen) atoms. The minimum absolute atomic E-state index is 0.386. The third kappa shape index (κ3) is 3.33. The van der Waals surface area contributed by atoms with Crippen LogP contribution in [0.1, 0.15) is 36.0 Å². The van der Waals surface area contributed by atoms with Crippen molar-refractivity contribution in [2.75, 3.05) is 31.2 Å². The van der Waals surface area contributed by atoms with Gasteiger partial charge in [0.1, 0.15) is 0 Å². The van der Waals surface area contributed by atoms with Crippen LogP contribution in [-0.4, -0.2) is 37.2 Å². The Balaban J connectivity index is 1.54. The Morgan fingerprint density at radius 1 is 1.08 bits per heavy atom. The molecule has 0 spiro atoms. The molecule has 2 fully saturated rings. The van der Waals surface area contributed by atoms with Crippen LogP contribution in [0.25, 0.3) is 10.8 Å². The minimum Gasteiger partial charge on any atom is -0.381 e. The van der Waals surface area contributed by atoms with Crippen LogP contribution in [-0.2, 0) is 4.74 Å². The van der Waals surface area contributed by atoms with Gasteiger partial charge >= 0.3 is 0 Å². The highest BCUT2D eigenvalue weighted by atomic mass is 16.5. The highest BCUT2D eigenvalue weighted by Crippen LogP contribution is 2.35. The van der Waals surface area contributed by atoms with Crippen molar-refractivity contribution < 1.29 is 9.53 Å². The number of ether oxygens (including phenoxy) is 1. The molecule has 1 amide bonds. The normalized spacial score (nSPS) is 20.1. The first-order valence-corrected chi connectivity index (χ1v) is 9.22. The number of fused-ring (bicyclic) bond motifs is 1. The molecule has 2 aliphatic heterocycles. The summed E-state index contributed by atoms with van der Waals surface area (Å²) in [5.41, 5.74) is 7.13. The molecule has 0 bridgehead atoms. The van der Waals surface area contributed by atoms with Crippen molar-refractivity contribution in [2.24, 2.45) is 17.6 Å². The van der Waals surface area contributed by atoms with Gasteiger partial charge in [0, 0.05) is 48.8 Å². The summed E-state index contributed by atoms with van der Waals surface area (Å²) < 4.78 is 5.50. The van der Waals surface area contributed by atoms with E-state index in [1.165, 1.54) is 25.7 Å². The molecule has 0 unspecified atom stereocenters. The van der Waals surface area contributed by atoms with Gasteiger partial charge < -0.3 is 15.4 Å². The fourth-order valence-corrected chi connectivity index (χ4v) is 4.35. The van der Waals surface area contributed by atoms with E-state index in [9.17, 15) is 4.79 Å². The lowest BCUT2D eigenvalue weighted by atomic mass is 9.80. The second-order valence-electron chi connectivity index (χ2n) is 7.23. The smallest absolute Gasteiger partial charge is 0.248 e. The zero-order chi connectivity index (χ0) is 17.2. The predicted octanol–water partition coefficient (Wildman–Crippen LogP) is 2.98. The van der Waals surface area contributed by atoms with Gasteiger partial charge in [-0.25, -0.2) is 0 Å². The second-order valence-corrected chi connectivity index (χ2v) is 7.23. The summed E-state index contributed by atoms with van der Waals surface area (Å²) >= 11 is 0. The van der Waals surface area contributed by atoms with Crippen LogP contribution in [0.5, 0.6) is 0 Å². The zero-order valence-electron chi connectivity index (χ0n) is 14.5. The molecule has 0 radical (unpaired) electrons. The lowest BCUT2D eigenvalue weighted by molar-refractivity contribution is 0.0419. The number of aromatic nitrogens is 1. The number of primary amides is 1. The van der Waals surface area contributed by atoms with E-state index in [-0.39, 0.29) is 5.91 Å². The number of nitrogens with two attached hydrogens (primary N) is 1. The van der Waals surface area contributed by atoms with Crippen LogP contribution in [0, 0.1) is 11.8 Å². The van der Waals surface area contributed by atoms with E-state index in [2.05, 4.69) is 9.88 Å². The summed E-state index contributed by atoms with van der Waals surface area (Å²) in [6.07, 6.45) is 8.62. The Morgan fingerprint density at radius 2 is 1.80 bits per heavy atom. The van der Waals surface area contributed by atoms with Gasteiger partial charge in [-0.2, -0.15) is 0 Å². The van der Waals surface area contributed by atoms with Crippen molar-refractivity contribution >= 4 is 22.4 Å². The molecular formula is C20H25N3O2. The number of hydrogen-bond donors (Lipinski definition) is 1. The third-order valence-electron chi connectivity index (χ3n) is 5.84. The Hall–Kier alpha value is -2.14. The number of carbonyl (C=O) groups is 1.